The number of likely N-dealkylation sites (tertiary alicyclic amines) is 1. The molecule has 0 spiro atoms. The Morgan fingerprint density at radius 1 is 1.45 bits per heavy atom. The third-order valence-electron chi connectivity index (χ3n) is 3.53. The van der Waals surface area contributed by atoms with Crippen molar-refractivity contribution < 1.29 is 9.53 Å². The summed E-state index contributed by atoms with van der Waals surface area (Å²) in [7, 11) is 0. The molecule has 1 aliphatic rings. The second-order valence-corrected chi connectivity index (χ2v) is 5.14. The molecular weight excluding hydrogens is 258 g/mol. The van der Waals surface area contributed by atoms with Crippen molar-refractivity contribution in [2.75, 3.05) is 19.7 Å². The molecule has 0 aromatic carbocycles. The van der Waals surface area contributed by atoms with Crippen molar-refractivity contribution in [3.05, 3.63) is 5.82 Å². The highest BCUT2D eigenvalue weighted by atomic mass is 16.5. The molecule has 1 aromatic heterocycles. The quantitative estimate of drug-likeness (QED) is 0.720. The molecule has 0 N–H and O–H groups in total. The molecule has 0 unspecified atom stereocenters. The topological polar surface area (TPSA) is 73.1 Å². The van der Waals surface area contributed by atoms with Gasteiger partial charge in [0.25, 0.3) is 0 Å². The van der Waals surface area contributed by atoms with Gasteiger partial charge >= 0.3 is 5.97 Å². The number of rotatable bonds is 6. The minimum atomic E-state index is -0.0784. The number of esters is 1. The van der Waals surface area contributed by atoms with Gasteiger partial charge in [0.2, 0.25) is 0 Å². The first-order valence-corrected chi connectivity index (χ1v) is 7.38. The largest absolute Gasteiger partial charge is 0.466 e. The van der Waals surface area contributed by atoms with Crippen molar-refractivity contribution in [2.45, 2.75) is 46.2 Å². The van der Waals surface area contributed by atoms with Crippen LogP contribution in [0.3, 0.4) is 0 Å². The Bertz CT molecular complexity index is 434. The highest BCUT2D eigenvalue weighted by Gasteiger charge is 2.27. The van der Waals surface area contributed by atoms with E-state index in [-0.39, 0.29) is 11.9 Å². The number of aromatic nitrogens is 4. The minimum Gasteiger partial charge on any atom is -0.466 e. The molecule has 7 nitrogen and oxygen atoms in total. The molecule has 1 aromatic rings. The summed E-state index contributed by atoms with van der Waals surface area (Å²) in [4.78, 5) is 14.1. The summed E-state index contributed by atoms with van der Waals surface area (Å²) in [5.74, 6) is 0.779. The fourth-order valence-corrected chi connectivity index (χ4v) is 2.57. The van der Waals surface area contributed by atoms with Crippen molar-refractivity contribution in [2.24, 2.45) is 5.92 Å². The third-order valence-corrected chi connectivity index (χ3v) is 3.53. The maximum atomic E-state index is 11.8. The molecule has 0 bridgehead atoms. The number of piperidine rings is 1. The molecule has 1 saturated heterocycles. The van der Waals surface area contributed by atoms with Crippen molar-refractivity contribution in [3.63, 3.8) is 0 Å². The van der Waals surface area contributed by atoms with Gasteiger partial charge in [-0.1, -0.05) is 6.92 Å². The molecule has 1 fully saturated rings. The number of hydrogen-bond donors (Lipinski definition) is 0. The molecule has 0 radical (unpaired) electrons. The van der Waals surface area contributed by atoms with Gasteiger partial charge in [0.15, 0.2) is 5.82 Å². The Hall–Kier alpha value is -1.50. The number of hydrogen-bond acceptors (Lipinski definition) is 6. The second kappa shape index (κ2) is 7.33. The van der Waals surface area contributed by atoms with Gasteiger partial charge in [-0.2, -0.15) is 0 Å². The van der Waals surface area contributed by atoms with E-state index in [0.717, 1.165) is 44.7 Å². The number of ether oxygens (including phenoxy) is 1. The lowest BCUT2D eigenvalue weighted by Crippen LogP contribution is -2.39. The van der Waals surface area contributed by atoms with Crippen LogP contribution < -0.4 is 0 Å². The van der Waals surface area contributed by atoms with Crippen molar-refractivity contribution in [3.8, 4) is 0 Å². The normalized spacial score (nSPS) is 20.0. The second-order valence-electron chi connectivity index (χ2n) is 5.14. The van der Waals surface area contributed by atoms with E-state index >= 15 is 0 Å². The van der Waals surface area contributed by atoms with Crippen LogP contribution in [-0.2, 0) is 22.6 Å². The summed E-state index contributed by atoms with van der Waals surface area (Å²) in [5, 5.41) is 11.8. The zero-order valence-electron chi connectivity index (χ0n) is 12.3. The molecule has 2 heterocycles. The lowest BCUT2D eigenvalue weighted by atomic mass is 9.98. The first-order chi connectivity index (χ1) is 9.74. The molecule has 0 aliphatic carbocycles. The summed E-state index contributed by atoms with van der Waals surface area (Å²) in [6.45, 7) is 7.64. The van der Waals surface area contributed by atoms with Crippen LogP contribution in [-0.4, -0.2) is 50.8 Å². The summed E-state index contributed by atoms with van der Waals surface area (Å²) in [5.41, 5.74) is 0. The van der Waals surface area contributed by atoms with Crippen molar-refractivity contribution in [1.82, 2.24) is 25.1 Å². The maximum absolute atomic E-state index is 11.8. The molecule has 7 heteroatoms. The van der Waals surface area contributed by atoms with E-state index in [2.05, 4.69) is 27.3 Å². The summed E-state index contributed by atoms with van der Waals surface area (Å²) in [6, 6.07) is 0. The van der Waals surface area contributed by atoms with E-state index in [4.69, 9.17) is 4.74 Å². The van der Waals surface area contributed by atoms with Crippen LogP contribution in [0.5, 0.6) is 0 Å². The van der Waals surface area contributed by atoms with Crippen LogP contribution >= 0.6 is 0 Å². The fraction of sp³-hybridized carbons (Fsp3) is 0.846. The van der Waals surface area contributed by atoms with E-state index in [1.807, 2.05) is 11.6 Å². The van der Waals surface area contributed by atoms with Gasteiger partial charge in [-0.25, -0.2) is 4.68 Å². The van der Waals surface area contributed by atoms with Gasteiger partial charge in [-0.15, -0.1) is 5.10 Å². The SMILES string of the molecule is CCCn1nnnc1CN1CCC[C@@H](C(=O)OCC)C1. The minimum absolute atomic E-state index is 0.0146. The first kappa shape index (κ1) is 14.9. The van der Waals surface area contributed by atoms with Gasteiger partial charge in [0.05, 0.1) is 19.1 Å². The van der Waals surface area contributed by atoms with Gasteiger partial charge in [-0.05, 0) is 43.2 Å². The molecule has 0 amide bonds. The molecule has 1 atom stereocenters. The highest BCUT2D eigenvalue weighted by Crippen LogP contribution is 2.19. The van der Waals surface area contributed by atoms with E-state index in [1.54, 1.807) is 0 Å². The first-order valence-electron chi connectivity index (χ1n) is 7.38. The van der Waals surface area contributed by atoms with E-state index in [9.17, 15) is 4.79 Å². The fourth-order valence-electron chi connectivity index (χ4n) is 2.57. The zero-order chi connectivity index (χ0) is 14.4. The Morgan fingerprint density at radius 2 is 2.30 bits per heavy atom. The summed E-state index contributed by atoms with van der Waals surface area (Å²) < 4.78 is 6.96. The Labute approximate surface area is 119 Å². The van der Waals surface area contributed by atoms with Crippen LogP contribution in [0.4, 0.5) is 0 Å². The van der Waals surface area contributed by atoms with Gasteiger partial charge in [-0.3, -0.25) is 9.69 Å². The average Bonchev–Trinajstić information content (AvgIpc) is 2.87. The molecule has 0 saturated carbocycles. The predicted octanol–water partition coefficient (Wildman–Crippen LogP) is 0.858. The third kappa shape index (κ3) is 3.75. The lowest BCUT2D eigenvalue weighted by molar-refractivity contribution is -0.150. The Kier molecular flexibility index (Phi) is 5.46. The summed E-state index contributed by atoms with van der Waals surface area (Å²) >= 11 is 0. The van der Waals surface area contributed by atoms with Gasteiger partial charge in [0, 0.05) is 13.1 Å². The van der Waals surface area contributed by atoms with Crippen molar-refractivity contribution in [1.29, 1.82) is 0 Å². The predicted molar refractivity (Wildman–Crippen MR) is 72.7 cm³/mol. The molecular formula is C13H23N5O2. The Morgan fingerprint density at radius 3 is 3.05 bits per heavy atom. The van der Waals surface area contributed by atoms with E-state index < -0.39 is 0 Å². The molecule has 1 aliphatic heterocycles. The van der Waals surface area contributed by atoms with Crippen LogP contribution in [0.15, 0.2) is 0 Å². The maximum Gasteiger partial charge on any atom is 0.310 e. The highest BCUT2D eigenvalue weighted by molar-refractivity contribution is 5.72. The smallest absolute Gasteiger partial charge is 0.310 e. The van der Waals surface area contributed by atoms with Gasteiger partial charge < -0.3 is 4.74 Å². The monoisotopic (exact) mass is 281 g/mol. The number of tetrazole rings is 1. The molecule has 112 valence electrons. The van der Waals surface area contributed by atoms with E-state index in [0.29, 0.717) is 13.2 Å². The molecule has 20 heavy (non-hydrogen) atoms. The number of carbonyl (C=O) groups is 1. The lowest BCUT2D eigenvalue weighted by Gasteiger charge is -2.30. The standard InChI is InChI=1S/C13H23N5O2/c1-3-7-18-12(14-15-16-18)10-17-8-5-6-11(9-17)13(19)20-4-2/h11H,3-10H2,1-2H3/t11-/m1/s1. The summed E-state index contributed by atoms with van der Waals surface area (Å²) in [6.07, 6.45) is 2.93. The van der Waals surface area contributed by atoms with Crippen molar-refractivity contribution >= 4 is 5.97 Å². The Balaban J connectivity index is 1.92. The van der Waals surface area contributed by atoms with Crippen LogP contribution in [0.1, 0.15) is 38.9 Å². The van der Waals surface area contributed by atoms with Crippen LogP contribution in [0, 0.1) is 5.92 Å². The van der Waals surface area contributed by atoms with Crippen LogP contribution in [0.25, 0.3) is 0 Å². The van der Waals surface area contributed by atoms with E-state index in [1.165, 1.54) is 0 Å². The zero-order valence-corrected chi connectivity index (χ0v) is 12.3. The molecule has 2 rings (SSSR count). The van der Waals surface area contributed by atoms with Gasteiger partial charge in [0.1, 0.15) is 0 Å². The number of carbonyl (C=O) groups excluding carboxylic acids is 1. The van der Waals surface area contributed by atoms with Crippen LogP contribution in [0.2, 0.25) is 0 Å². The number of aryl methyl sites for hydroxylation is 1. The number of nitrogens with zero attached hydrogens (tertiary/aromatic N) is 5. The average molecular weight is 281 g/mol.